The van der Waals surface area contributed by atoms with Gasteiger partial charge in [0.05, 0.1) is 24.9 Å². The molecule has 0 aromatic heterocycles. The van der Waals surface area contributed by atoms with Gasteiger partial charge in [0.2, 0.25) is 0 Å². The topological polar surface area (TPSA) is 47.9 Å². The molecular formula is C17H22O4. The van der Waals surface area contributed by atoms with Crippen molar-refractivity contribution in [2.24, 2.45) is 0 Å². The van der Waals surface area contributed by atoms with E-state index in [9.17, 15) is 5.11 Å². The molecule has 1 aromatic rings. The lowest BCUT2D eigenvalue weighted by atomic mass is 9.91. The van der Waals surface area contributed by atoms with Gasteiger partial charge in [0.1, 0.15) is 11.9 Å². The van der Waals surface area contributed by atoms with Gasteiger partial charge in [0.25, 0.3) is 0 Å². The molecule has 3 atom stereocenters. The Morgan fingerprint density at radius 3 is 3.05 bits per heavy atom. The molecule has 0 amide bonds. The number of aliphatic hydroxyl groups excluding tert-OH is 1. The van der Waals surface area contributed by atoms with Gasteiger partial charge < -0.3 is 19.3 Å². The minimum absolute atomic E-state index is 0.115. The van der Waals surface area contributed by atoms with E-state index in [1.54, 1.807) is 0 Å². The van der Waals surface area contributed by atoms with Gasteiger partial charge >= 0.3 is 0 Å². The molecule has 1 aliphatic carbocycles. The van der Waals surface area contributed by atoms with Crippen molar-refractivity contribution in [2.45, 2.75) is 49.9 Å². The fourth-order valence-electron chi connectivity index (χ4n) is 3.78. The van der Waals surface area contributed by atoms with E-state index in [0.29, 0.717) is 6.61 Å². The van der Waals surface area contributed by atoms with Gasteiger partial charge in [-0.1, -0.05) is 6.07 Å². The lowest BCUT2D eigenvalue weighted by Crippen LogP contribution is -2.44. The quantitative estimate of drug-likeness (QED) is 0.908. The molecule has 4 rings (SSSR count). The lowest BCUT2D eigenvalue weighted by Gasteiger charge is -2.37. The Labute approximate surface area is 125 Å². The fraction of sp³-hybridized carbons (Fsp3) is 0.647. The molecule has 0 bridgehead atoms. The molecule has 4 nitrogen and oxygen atoms in total. The van der Waals surface area contributed by atoms with Crippen LogP contribution < -0.4 is 4.74 Å². The summed E-state index contributed by atoms with van der Waals surface area (Å²) in [5, 5.41) is 9.86. The number of ether oxygens (including phenoxy) is 3. The van der Waals surface area contributed by atoms with E-state index >= 15 is 0 Å². The van der Waals surface area contributed by atoms with Crippen LogP contribution in [0.25, 0.3) is 0 Å². The van der Waals surface area contributed by atoms with Gasteiger partial charge in [-0.25, -0.2) is 0 Å². The Morgan fingerprint density at radius 1 is 1.24 bits per heavy atom. The van der Waals surface area contributed by atoms with Crippen LogP contribution in [0.3, 0.4) is 0 Å². The van der Waals surface area contributed by atoms with Gasteiger partial charge in [-0.05, 0) is 36.1 Å². The number of fused-ring (bicyclic) bond motifs is 1. The smallest absolute Gasteiger partial charge is 0.120 e. The van der Waals surface area contributed by atoms with E-state index in [2.05, 4.69) is 6.07 Å². The summed E-state index contributed by atoms with van der Waals surface area (Å²) in [7, 11) is 0. The number of benzene rings is 1. The first-order valence-electron chi connectivity index (χ1n) is 7.93. The second kappa shape index (κ2) is 5.27. The van der Waals surface area contributed by atoms with Crippen molar-refractivity contribution in [3.63, 3.8) is 0 Å². The zero-order chi connectivity index (χ0) is 14.3. The first-order valence-corrected chi connectivity index (χ1v) is 7.93. The van der Waals surface area contributed by atoms with Gasteiger partial charge in [0, 0.05) is 25.9 Å². The average Bonchev–Trinajstić information content (AvgIpc) is 3.07. The maximum absolute atomic E-state index is 9.86. The predicted molar refractivity (Wildman–Crippen MR) is 77.5 cm³/mol. The molecule has 2 saturated heterocycles. The first kappa shape index (κ1) is 13.6. The van der Waals surface area contributed by atoms with E-state index in [0.717, 1.165) is 56.6 Å². The molecular weight excluding hydrogens is 268 g/mol. The van der Waals surface area contributed by atoms with Crippen LogP contribution >= 0.6 is 0 Å². The largest absolute Gasteiger partial charge is 0.490 e. The molecule has 3 aliphatic rings. The van der Waals surface area contributed by atoms with E-state index in [-0.39, 0.29) is 17.8 Å². The molecule has 1 N–H and O–H groups in total. The summed E-state index contributed by atoms with van der Waals surface area (Å²) in [6.45, 7) is 2.24. The van der Waals surface area contributed by atoms with Gasteiger partial charge in [-0.15, -0.1) is 0 Å². The third-order valence-corrected chi connectivity index (χ3v) is 4.98. The Kier molecular flexibility index (Phi) is 3.40. The van der Waals surface area contributed by atoms with E-state index in [4.69, 9.17) is 14.2 Å². The Bertz CT molecular complexity index is 522. The number of hydrogen-bond donors (Lipinski definition) is 1. The van der Waals surface area contributed by atoms with Gasteiger partial charge in [0.15, 0.2) is 0 Å². The van der Waals surface area contributed by atoms with Crippen LogP contribution in [-0.4, -0.2) is 36.6 Å². The monoisotopic (exact) mass is 290 g/mol. The average molecular weight is 290 g/mol. The highest BCUT2D eigenvalue weighted by atomic mass is 16.6. The summed E-state index contributed by atoms with van der Waals surface area (Å²) in [5.41, 5.74) is 2.18. The van der Waals surface area contributed by atoms with Crippen molar-refractivity contribution in [2.75, 3.05) is 19.8 Å². The standard InChI is InChI=1S/C17H22O4/c18-16-4-1-12-9-13(2-3-15(12)16)21-14-5-7-20-17(10-14)6-8-19-11-17/h2-3,9,14,16,18H,1,4-8,10-11H2/t14?,16-,17?/m0/s1. The second-order valence-electron chi connectivity index (χ2n) is 6.48. The number of aliphatic hydroxyl groups is 1. The Hall–Kier alpha value is -1.10. The molecule has 1 aromatic carbocycles. The molecule has 4 heteroatoms. The minimum Gasteiger partial charge on any atom is -0.490 e. The molecule has 1 spiro atoms. The van der Waals surface area contributed by atoms with Gasteiger partial charge in [-0.3, -0.25) is 0 Å². The van der Waals surface area contributed by atoms with E-state index in [1.807, 2.05) is 12.1 Å². The van der Waals surface area contributed by atoms with Crippen LogP contribution in [0.2, 0.25) is 0 Å². The van der Waals surface area contributed by atoms with Crippen molar-refractivity contribution in [3.05, 3.63) is 29.3 Å². The molecule has 2 fully saturated rings. The summed E-state index contributed by atoms with van der Waals surface area (Å²) < 4.78 is 17.6. The Balaban J connectivity index is 1.46. The number of aryl methyl sites for hydroxylation is 1. The normalized spacial score (nSPS) is 35.1. The summed E-state index contributed by atoms with van der Waals surface area (Å²) in [5.74, 6) is 0.920. The SMILES string of the molecule is O[C@H]1CCc2cc(OC3CCOC4(CCOC4)C3)ccc21. The zero-order valence-corrected chi connectivity index (χ0v) is 12.2. The van der Waals surface area contributed by atoms with Crippen LogP contribution in [-0.2, 0) is 15.9 Å². The summed E-state index contributed by atoms with van der Waals surface area (Å²) in [6, 6.07) is 6.09. The highest BCUT2D eigenvalue weighted by Gasteiger charge is 2.41. The minimum atomic E-state index is -0.295. The highest BCUT2D eigenvalue weighted by molar-refractivity contribution is 5.40. The molecule has 2 unspecified atom stereocenters. The van der Waals surface area contributed by atoms with Crippen molar-refractivity contribution in [1.29, 1.82) is 0 Å². The molecule has 21 heavy (non-hydrogen) atoms. The third kappa shape index (κ3) is 2.56. The summed E-state index contributed by atoms with van der Waals surface area (Å²) in [6.07, 6.45) is 4.49. The summed E-state index contributed by atoms with van der Waals surface area (Å²) in [4.78, 5) is 0. The first-order chi connectivity index (χ1) is 10.2. The third-order valence-electron chi connectivity index (χ3n) is 4.98. The van der Waals surface area contributed by atoms with Crippen LogP contribution in [0, 0.1) is 0 Å². The van der Waals surface area contributed by atoms with Crippen molar-refractivity contribution >= 4 is 0 Å². The molecule has 0 radical (unpaired) electrons. The van der Waals surface area contributed by atoms with Crippen molar-refractivity contribution in [3.8, 4) is 5.75 Å². The number of hydrogen-bond acceptors (Lipinski definition) is 4. The van der Waals surface area contributed by atoms with Crippen LogP contribution in [0.1, 0.15) is 42.9 Å². The second-order valence-corrected chi connectivity index (χ2v) is 6.48. The van der Waals surface area contributed by atoms with E-state index in [1.165, 1.54) is 5.56 Å². The summed E-state index contributed by atoms with van der Waals surface area (Å²) >= 11 is 0. The van der Waals surface area contributed by atoms with Crippen LogP contribution in [0.4, 0.5) is 0 Å². The lowest BCUT2D eigenvalue weighted by molar-refractivity contribution is -0.112. The van der Waals surface area contributed by atoms with Crippen molar-refractivity contribution < 1.29 is 19.3 Å². The highest BCUT2D eigenvalue weighted by Crippen LogP contribution is 2.36. The zero-order valence-electron chi connectivity index (χ0n) is 12.2. The van der Waals surface area contributed by atoms with Crippen LogP contribution in [0.15, 0.2) is 18.2 Å². The Morgan fingerprint density at radius 2 is 2.19 bits per heavy atom. The van der Waals surface area contributed by atoms with Crippen molar-refractivity contribution in [1.82, 2.24) is 0 Å². The van der Waals surface area contributed by atoms with Crippen LogP contribution in [0.5, 0.6) is 5.75 Å². The molecule has 114 valence electrons. The predicted octanol–water partition coefficient (Wildman–Crippen LogP) is 2.38. The molecule has 0 saturated carbocycles. The fourth-order valence-corrected chi connectivity index (χ4v) is 3.78. The molecule has 2 heterocycles. The maximum atomic E-state index is 9.86. The maximum Gasteiger partial charge on any atom is 0.120 e. The number of rotatable bonds is 2. The van der Waals surface area contributed by atoms with E-state index < -0.39 is 0 Å². The van der Waals surface area contributed by atoms with Gasteiger partial charge in [-0.2, -0.15) is 0 Å². The molecule has 2 aliphatic heterocycles.